The summed E-state index contributed by atoms with van der Waals surface area (Å²) in [5.74, 6) is 0. The smallest absolute Gasteiger partial charge is 0.0540 e. The summed E-state index contributed by atoms with van der Waals surface area (Å²) in [7, 11) is -1.85. The second kappa shape index (κ2) is 14.6. The van der Waals surface area contributed by atoms with Crippen LogP contribution in [0.15, 0.2) is 220 Å². The molecular weight excluding hydrogens is 661 g/mol. The van der Waals surface area contributed by atoms with E-state index < -0.39 is 10.0 Å². The Bertz CT molecular complexity index is 2560. The number of hydrogen-bond donors (Lipinski definition) is 0. The van der Waals surface area contributed by atoms with Gasteiger partial charge in [-0.2, -0.15) is 0 Å². The Balaban J connectivity index is 0.00000197. The standard InChI is InChI=1S/C48H38N2S.C2H2/c1-36(51(38-19-5-2-6-20-38,39-21-7-3-8-22-39)40-23-9-4-10-24-40)35-37(50-47-31-17-13-27-43(47)44-28-14-18-32-48(44)50)33-34-49-45-29-15-11-25-41(45)42-26-12-16-30-46(42)49;1-2/h2-33,35H,34H2,1H3;1-2H/b36-35+,37-33+;. The van der Waals surface area contributed by atoms with Crippen molar-refractivity contribution in [3.63, 3.8) is 0 Å². The van der Waals surface area contributed by atoms with E-state index in [0.717, 1.165) is 12.2 Å². The minimum absolute atomic E-state index is 0.721. The summed E-state index contributed by atoms with van der Waals surface area (Å²) in [6.07, 6.45) is 12.9. The van der Waals surface area contributed by atoms with Crippen molar-refractivity contribution in [2.75, 3.05) is 0 Å². The maximum atomic E-state index is 4.00. The summed E-state index contributed by atoms with van der Waals surface area (Å²) in [4.78, 5) is 5.28. The highest BCUT2D eigenvalue weighted by molar-refractivity contribution is 8.36. The number of fused-ring (bicyclic) bond motifs is 6. The van der Waals surface area contributed by atoms with Crippen LogP contribution in [0.1, 0.15) is 6.92 Å². The molecule has 0 aliphatic heterocycles. The van der Waals surface area contributed by atoms with Gasteiger partial charge >= 0.3 is 0 Å². The number of hydrogen-bond acceptors (Lipinski definition) is 0. The molecule has 0 N–H and O–H groups in total. The summed E-state index contributed by atoms with van der Waals surface area (Å²) in [6.45, 7) is 3.07. The van der Waals surface area contributed by atoms with E-state index in [4.69, 9.17) is 0 Å². The molecule has 2 nitrogen and oxygen atoms in total. The van der Waals surface area contributed by atoms with Crippen LogP contribution < -0.4 is 0 Å². The number of allylic oxidation sites excluding steroid dienone is 4. The molecule has 2 aromatic heterocycles. The lowest BCUT2D eigenvalue weighted by molar-refractivity contribution is 0.896. The van der Waals surface area contributed by atoms with E-state index in [1.807, 2.05) is 0 Å². The third-order valence-corrected chi connectivity index (χ3v) is 14.1. The molecule has 0 bridgehead atoms. The van der Waals surface area contributed by atoms with Crippen LogP contribution in [0.5, 0.6) is 0 Å². The molecule has 0 radical (unpaired) electrons. The van der Waals surface area contributed by atoms with Gasteiger partial charge in [0.05, 0.1) is 11.0 Å². The van der Waals surface area contributed by atoms with Crippen molar-refractivity contribution >= 4 is 59.3 Å². The minimum Gasteiger partial charge on any atom is -0.336 e. The average molecular weight is 701 g/mol. The van der Waals surface area contributed by atoms with E-state index in [1.165, 1.54) is 63.2 Å². The molecule has 0 saturated carbocycles. The van der Waals surface area contributed by atoms with Crippen LogP contribution in [0, 0.1) is 12.8 Å². The highest BCUT2D eigenvalue weighted by Crippen LogP contribution is 2.73. The molecule has 0 atom stereocenters. The van der Waals surface area contributed by atoms with Crippen molar-refractivity contribution < 1.29 is 0 Å². The normalized spacial score (nSPS) is 12.6. The summed E-state index contributed by atoms with van der Waals surface area (Å²) in [5.41, 5.74) is 6.06. The Morgan fingerprint density at radius 1 is 0.453 bits per heavy atom. The Hall–Kier alpha value is -6.47. The molecular formula is C50H40N2S. The van der Waals surface area contributed by atoms with Crippen LogP contribution in [0.2, 0.25) is 0 Å². The fourth-order valence-corrected chi connectivity index (χ4v) is 11.9. The predicted octanol–water partition coefficient (Wildman–Crippen LogP) is 13.6. The Morgan fingerprint density at radius 3 is 1.17 bits per heavy atom. The molecule has 9 rings (SSSR count). The molecule has 0 aliphatic carbocycles. The summed E-state index contributed by atoms with van der Waals surface area (Å²) >= 11 is 0. The molecule has 0 spiro atoms. The number of aromatic nitrogens is 2. The van der Waals surface area contributed by atoms with Crippen molar-refractivity contribution in [3.8, 4) is 12.8 Å². The zero-order valence-corrected chi connectivity index (χ0v) is 30.5. The molecule has 256 valence electrons. The first-order valence-electron chi connectivity index (χ1n) is 17.9. The van der Waals surface area contributed by atoms with Crippen LogP contribution in [-0.4, -0.2) is 9.13 Å². The van der Waals surface area contributed by atoms with Crippen molar-refractivity contribution in [2.45, 2.75) is 28.2 Å². The molecule has 0 fully saturated rings. The SMILES string of the molecule is C#C.C/C(=C\C(=C/Cn1c2ccccc2c2ccccc21)n1c2ccccc2c2ccccc21)S(c1ccccc1)(c1ccccc1)c1ccccc1. The lowest BCUT2D eigenvalue weighted by Gasteiger charge is -2.42. The molecule has 0 saturated heterocycles. The van der Waals surface area contributed by atoms with Crippen LogP contribution in [-0.2, 0) is 6.54 Å². The van der Waals surface area contributed by atoms with Gasteiger partial charge in [0.2, 0.25) is 0 Å². The predicted molar refractivity (Wildman–Crippen MR) is 229 cm³/mol. The zero-order chi connectivity index (χ0) is 36.2. The van der Waals surface area contributed by atoms with Gasteiger partial charge in [-0.15, -0.1) is 22.9 Å². The van der Waals surface area contributed by atoms with Gasteiger partial charge in [0, 0.05) is 59.5 Å². The summed E-state index contributed by atoms with van der Waals surface area (Å²) in [5, 5.41) is 5.09. The molecule has 2 heterocycles. The fraction of sp³-hybridized carbons (Fsp3) is 0.0400. The number of para-hydroxylation sites is 4. The second-order valence-corrected chi connectivity index (χ2v) is 16.2. The number of benzene rings is 7. The van der Waals surface area contributed by atoms with Crippen molar-refractivity contribution in [3.05, 3.63) is 205 Å². The van der Waals surface area contributed by atoms with Crippen LogP contribution in [0.4, 0.5) is 0 Å². The molecule has 3 heteroatoms. The van der Waals surface area contributed by atoms with Crippen molar-refractivity contribution in [2.24, 2.45) is 0 Å². The number of nitrogens with zero attached hydrogens (tertiary/aromatic N) is 2. The molecule has 7 aromatic carbocycles. The Kier molecular flexibility index (Phi) is 9.30. The third kappa shape index (κ3) is 5.75. The van der Waals surface area contributed by atoms with Gasteiger partial charge in [-0.1, -0.05) is 127 Å². The largest absolute Gasteiger partial charge is 0.336 e. The summed E-state index contributed by atoms with van der Waals surface area (Å²) < 4.78 is 4.95. The lowest BCUT2D eigenvalue weighted by atomic mass is 10.2. The number of rotatable bonds is 8. The second-order valence-electron chi connectivity index (χ2n) is 13.0. The van der Waals surface area contributed by atoms with Crippen LogP contribution in [0.3, 0.4) is 0 Å². The van der Waals surface area contributed by atoms with E-state index in [-0.39, 0.29) is 0 Å². The third-order valence-electron chi connectivity index (χ3n) is 10.1. The number of terminal acetylenes is 1. The van der Waals surface area contributed by atoms with Gasteiger partial charge in [0.25, 0.3) is 0 Å². The molecule has 0 aliphatic rings. The van der Waals surface area contributed by atoms with E-state index in [1.54, 1.807) is 0 Å². The van der Waals surface area contributed by atoms with Gasteiger partial charge < -0.3 is 9.13 Å². The van der Waals surface area contributed by atoms with Gasteiger partial charge in [-0.05, 0) is 84.6 Å². The van der Waals surface area contributed by atoms with Gasteiger partial charge in [0.15, 0.2) is 0 Å². The van der Waals surface area contributed by atoms with Crippen LogP contribution >= 0.6 is 10.0 Å². The van der Waals surface area contributed by atoms with E-state index in [2.05, 4.69) is 229 Å². The van der Waals surface area contributed by atoms with Crippen LogP contribution in [0.25, 0.3) is 49.3 Å². The monoisotopic (exact) mass is 700 g/mol. The Labute approximate surface area is 313 Å². The summed E-state index contributed by atoms with van der Waals surface area (Å²) in [6, 6.07) is 68.6. The quantitative estimate of drug-likeness (QED) is 0.110. The van der Waals surface area contributed by atoms with Gasteiger partial charge in [0.1, 0.15) is 0 Å². The highest BCUT2D eigenvalue weighted by atomic mass is 32.3. The first kappa shape index (κ1) is 33.7. The molecule has 0 amide bonds. The highest BCUT2D eigenvalue weighted by Gasteiger charge is 2.33. The van der Waals surface area contributed by atoms with Gasteiger partial charge in [-0.25, -0.2) is 0 Å². The van der Waals surface area contributed by atoms with Gasteiger partial charge in [-0.3, -0.25) is 0 Å². The molecule has 53 heavy (non-hydrogen) atoms. The fourth-order valence-electron chi connectivity index (χ4n) is 7.94. The first-order valence-corrected chi connectivity index (χ1v) is 19.5. The topological polar surface area (TPSA) is 9.86 Å². The maximum absolute atomic E-state index is 4.00. The molecule has 0 unspecified atom stereocenters. The first-order chi connectivity index (χ1) is 26.2. The Morgan fingerprint density at radius 2 is 0.774 bits per heavy atom. The van der Waals surface area contributed by atoms with Crippen molar-refractivity contribution in [1.29, 1.82) is 0 Å². The van der Waals surface area contributed by atoms with E-state index >= 15 is 0 Å². The zero-order valence-electron chi connectivity index (χ0n) is 29.7. The molecule has 9 aromatic rings. The average Bonchev–Trinajstić information content (AvgIpc) is 3.74. The van der Waals surface area contributed by atoms with E-state index in [0.29, 0.717) is 0 Å². The maximum Gasteiger partial charge on any atom is 0.0540 e. The van der Waals surface area contributed by atoms with Crippen molar-refractivity contribution in [1.82, 2.24) is 9.13 Å². The lowest BCUT2D eigenvalue weighted by Crippen LogP contribution is -2.07. The minimum atomic E-state index is -1.85. The van der Waals surface area contributed by atoms with E-state index in [9.17, 15) is 0 Å².